The molecule has 2 aromatic carbocycles. The highest BCUT2D eigenvalue weighted by Crippen LogP contribution is 2.19. The van der Waals surface area contributed by atoms with Gasteiger partial charge in [-0.25, -0.2) is 4.39 Å². The number of Topliss-reactive ketones (excluding diaryl/α,β-unsaturated/α-hetero) is 1. The van der Waals surface area contributed by atoms with Gasteiger partial charge in [-0.05, 0) is 35.9 Å². The molecule has 1 heterocycles. The van der Waals surface area contributed by atoms with E-state index in [9.17, 15) is 9.18 Å². The number of halogens is 2. The van der Waals surface area contributed by atoms with Gasteiger partial charge in [-0.2, -0.15) is 0 Å². The molecule has 0 saturated carbocycles. The van der Waals surface area contributed by atoms with E-state index in [1.165, 1.54) is 12.1 Å². The number of hydrogen-bond acceptors (Lipinski definition) is 3. The van der Waals surface area contributed by atoms with E-state index in [4.69, 9.17) is 0 Å². The summed E-state index contributed by atoms with van der Waals surface area (Å²) in [6, 6.07) is 9.74. The summed E-state index contributed by atoms with van der Waals surface area (Å²) in [5.74, 6) is -0.483. The Hall–Kier alpha value is -2.14. The molecule has 3 aromatic rings. The third-order valence-electron chi connectivity index (χ3n) is 3.09. The van der Waals surface area contributed by atoms with Crippen molar-refractivity contribution in [3.8, 4) is 0 Å². The fourth-order valence-corrected chi connectivity index (χ4v) is 2.72. The third kappa shape index (κ3) is 2.97. The number of fused-ring (bicyclic) bond motifs is 1. The number of rotatable bonds is 3. The topological polar surface area (TPSA) is 42.9 Å². The predicted molar refractivity (Wildman–Crippen MR) is 81.7 cm³/mol. The number of aromatic nitrogens is 2. The van der Waals surface area contributed by atoms with Crippen molar-refractivity contribution in [2.45, 2.75) is 6.42 Å². The molecule has 0 N–H and O–H groups in total. The number of benzene rings is 2. The fraction of sp³-hybridized carbons (Fsp3) is 0.0625. The van der Waals surface area contributed by atoms with Gasteiger partial charge in [0.25, 0.3) is 0 Å². The minimum Gasteiger partial charge on any atom is -0.294 e. The van der Waals surface area contributed by atoms with Gasteiger partial charge in [0.2, 0.25) is 0 Å². The lowest BCUT2D eigenvalue weighted by Gasteiger charge is -2.05. The molecule has 3 rings (SSSR count). The van der Waals surface area contributed by atoms with Crippen LogP contribution in [0, 0.1) is 5.82 Å². The zero-order chi connectivity index (χ0) is 14.8. The third-order valence-corrected chi connectivity index (χ3v) is 3.54. The molecule has 104 valence electrons. The summed E-state index contributed by atoms with van der Waals surface area (Å²) < 4.78 is 14.0. The molecule has 0 spiro atoms. The Labute approximate surface area is 129 Å². The summed E-state index contributed by atoms with van der Waals surface area (Å²) in [5.41, 5.74) is 2.36. The van der Waals surface area contributed by atoms with Gasteiger partial charge < -0.3 is 0 Å². The number of para-hydroxylation sites is 1. The summed E-state index contributed by atoms with van der Waals surface area (Å²) in [5, 5.41) is 0. The molecule has 0 amide bonds. The maximum Gasteiger partial charge on any atom is 0.169 e. The number of carbonyl (C=O) groups excluding carboxylic acids is 1. The molecular weight excluding hydrogens is 335 g/mol. The van der Waals surface area contributed by atoms with Crippen molar-refractivity contribution in [3.05, 3.63) is 70.2 Å². The van der Waals surface area contributed by atoms with Crippen molar-refractivity contribution in [1.82, 2.24) is 9.97 Å². The van der Waals surface area contributed by atoms with E-state index in [0.29, 0.717) is 26.6 Å². The molecule has 5 heteroatoms. The Morgan fingerprint density at radius 1 is 1.14 bits per heavy atom. The summed E-state index contributed by atoms with van der Waals surface area (Å²) in [4.78, 5) is 20.8. The normalized spacial score (nSPS) is 10.8. The van der Waals surface area contributed by atoms with Crippen LogP contribution in [0.4, 0.5) is 4.39 Å². The fourth-order valence-electron chi connectivity index (χ4n) is 2.21. The van der Waals surface area contributed by atoms with Crippen LogP contribution in [-0.2, 0) is 6.42 Å². The van der Waals surface area contributed by atoms with E-state index in [0.717, 1.165) is 0 Å². The molecular formula is C16H10BrFN2O. The first-order chi connectivity index (χ1) is 10.1. The molecule has 0 aliphatic rings. The minimum atomic E-state index is -0.370. The molecule has 1 aromatic heterocycles. The van der Waals surface area contributed by atoms with Crippen LogP contribution in [0.5, 0.6) is 0 Å². The second-order valence-corrected chi connectivity index (χ2v) is 5.52. The largest absolute Gasteiger partial charge is 0.294 e. The molecule has 21 heavy (non-hydrogen) atoms. The molecule has 0 radical (unpaired) electrons. The summed E-state index contributed by atoms with van der Waals surface area (Å²) in [7, 11) is 0. The average molecular weight is 345 g/mol. The Morgan fingerprint density at radius 3 is 2.76 bits per heavy atom. The maximum absolute atomic E-state index is 13.4. The summed E-state index contributed by atoms with van der Waals surface area (Å²) in [6.45, 7) is 0. The molecule has 0 aliphatic carbocycles. The van der Waals surface area contributed by atoms with Gasteiger partial charge in [-0.1, -0.05) is 22.0 Å². The Kier molecular flexibility index (Phi) is 3.75. The van der Waals surface area contributed by atoms with Crippen LogP contribution in [0.25, 0.3) is 11.0 Å². The second kappa shape index (κ2) is 5.69. The first-order valence-corrected chi connectivity index (χ1v) is 7.11. The summed E-state index contributed by atoms with van der Waals surface area (Å²) in [6.07, 6.45) is 3.25. The quantitative estimate of drug-likeness (QED) is 0.675. The van der Waals surface area contributed by atoms with E-state index in [1.54, 1.807) is 36.7 Å². The van der Waals surface area contributed by atoms with Crippen LogP contribution >= 0.6 is 15.9 Å². The van der Waals surface area contributed by atoms with E-state index < -0.39 is 0 Å². The van der Waals surface area contributed by atoms with Crippen LogP contribution < -0.4 is 0 Å². The van der Waals surface area contributed by atoms with Crippen molar-refractivity contribution in [1.29, 1.82) is 0 Å². The second-order valence-electron chi connectivity index (χ2n) is 4.61. The number of nitrogens with zero attached hydrogens (tertiary/aromatic N) is 2. The Bertz CT molecular complexity index is 810. The van der Waals surface area contributed by atoms with Crippen LogP contribution in [-0.4, -0.2) is 15.8 Å². The molecule has 3 nitrogen and oxygen atoms in total. The van der Waals surface area contributed by atoms with Gasteiger partial charge >= 0.3 is 0 Å². The van der Waals surface area contributed by atoms with Crippen molar-refractivity contribution in [2.75, 3.05) is 0 Å². The van der Waals surface area contributed by atoms with Crippen molar-refractivity contribution >= 4 is 32.7 Å². The Balaban J connectivity index is 1.97. The maximum atomic E-state index is 13.4. The molecule has 0 bridgehead atoms. The van der Waals surface area contributed by atoms with Gasteiger partial charge in [0, 0.05) is 28.9 Å². The predicted octanol–water partition coefficient (Wildman–Crippen LogP) is 3.96. The molecule has 0 fully saturated rings. The monoisotopic (exact) mass is 344 g/mol. The van der Waals surface area contributed by atoms with Crippen molar-refractivity contribution in [2.24, 2.45) is 0 Å². The number of carbonyl (C=O) groups is 1. The highest BCUT2D eigenvalue weighted by molar-refractivity contribution is 9.10. The van der Waals surface area contributed by atoms with Crippen molar-refractivity contribution < 1.29 is 9.18 Å². The van der Waals surface area contributed by atoms with Crippen LogP contribution in [0.3, 0.4) is 0 Å². The molecule has 0 unspecified atom stereocenters. The Morgan fingerprint density at radius 2 is 1.95 bits per heavy atom. The minimum absolute atomic E-state index is 0.112. The SMILES string of the molecule is O=C(Cc1cc(F)cc(Br)c1)c1cccc2nccnc12. The highest BCUT2D eigenvalue weighted by Gasteiger charge is 2.13. The van der Waals surface area contributed by atoms with Crippen molar-refractivity contribution in [3.63, 3.8) is 0 Å². The summed E-state index contributed by atoms with van der Waals surface area (Å²) >= 11 is 3.23. The van der Waals surface area contributed by atoms with Gasteiger partial charge in [-0.3, -0.25) is 14.8 Å². The molecule has 0 aliphatic heterocycles. The van der Waals surface area contributed by atoms with E-state index >= 15 is 0 Å². The lowest BCUT2D eigenvalue weighted by atomic mass is 10.0. The van der Waals surface area contributed by atoms with Crippen LogP contribution in [0.15, 0.2) is 53.3 Å². The number of ketones is 1. The van der Waals surface area contributed by atoms with E-state index in [1.807, 2.05) is 0 Å². The van der Waals surface area contributed by atoms with Crippen LogP contribution in [0.1, 0.15) is 15.9 Å². The number of hydrogen-bond donors (Lipinski definition) is 0. The lowest BCUT2D eigenvalue weighted by molar-refractivity contribution is 0.0994. The molecule has 0 atom stereocenters. The highest BCUT2D eigenvalue weighted by atomic mass is 79.9. The first-order valence-electron chi connectivity index (χ1n) is 6.31. The lowest BCUT2D eigenvalue weighted by Crippen LogP contribution is -2.05. The molecule has 0 saturated heterocycles. The van der Waals surface area contributed by atoms with Crippen LogP contribution in [0.2, 0.25) is 0 Å². The van der Waals surface area contributed by atoms with E-state index in [2.05, 4.69) is 25.9 Å². The van der Waals surface area contributed by atoms with E-state index in [-0.39, 0.29) is 18.0 Å². The average Bonchev–Trinajstić information content (AvgIpc) is 2.45. The van der Waals surface area contributed by atoms with Gasteiger partial charge in [0.05, 0.1) is 11.0 Å². The zero-order valence-electron chi connectivity index (χ0n) is 10.9. The van der Waals surface area contributed by atoms with Gasteiger partial charge in [0.1, 0.15) is 5.82 Å². The zero-order valence-corrected chi connectivity index (χ0v) is 12.5. The first kappa shape index (κ1) is 13.8. The van der Waals surface area contributed by atoms with Gasteiger partial charge in [-0.15, -0.1) is 0 Å². The van der Waals surface area contributed by atoms with Gasteiger partial charge in [0.15, 0.2) is 5.78 Å². The standard InChI is InChI=1S/C16H10BrFN2O/c17-11-6-10(7-12(18)9-11)8-15(21)13-2-1-3-14-16(13)20-5-4-19-14/h1-7,9H,8H2. The smallest absolute Gasteiger partial charge is 0.169 e.